The largest absolute Gasteiger partial charge is 0.494 e. The number of nitro groups is 2. The number of hydrogen-bond acceptors (Lipinski definition) is 8. The number of rotatable bonds is 6. The van der Waals surface area contributed by atoms with Crippen molar-refractivity contribution in [2.24, 2.45) is 0 Å². The maximum absolute atomic E-state index is 12.6. The van der Waals surface area contributed by atoms with Gasteiger partial charge in [0.2, 0.25) is 0 Å². The molecule has 1 amide bonds. The molecule has 0 aliphatic rings. The van der Waals surface area contributed by atoms with E-state index in [1.54, 1.807) is 18.2 Å². The lowest BCUT2D eigenvalue weighted by Gasteiger charge is -2.06. The molecule has 0 atom stereocenters. The fraction of sp³-hybridized carbons (Fsp3) is 0.176. The third-order valence-electron chi connectivity index (χ3n) is 3.91. The van der Waals surface area contributed by atoms with Crippen LogP contribution < -0.4 is 10.1 Å². The molecular formula is C17H14N4O6S. The van der Waals surface area contributed by atoms with Gasteiger partial charge < -0.3 is 4.74 Å². The predicted octanol–water partition coefficient (Wildman–Crippen LogP) is 4.07. The Bertz CT molecular complexity index is 1110. The third-order valence-corrected chi connectivity index (χ3v) is 4.84. The molecule has 2 aromatic carbocycles. The van der Waals surface area contributed by atoms with Crippen LogP contribution in [0, 0.1) is 27.2 Å². The lowest BCUT2D eigenvalue weighted by atomic mass is 10.0. The number of non-ortho nitro benzene ring substituents is 1. The summed E-state index contributed by atoms with van der Waals surface area (Å²) < 4.78 is 6.20. The number of anilines is 1. The van der Waals surface area contributed by atoms with E-state index in [9.17, 15) is 25.0 Å². The number of nitro benzene ring substituents is 2. The highest BCUT2D eigenvalue weighted by atomic mass is 32.1. The Kier molecular flexibility index (Phi) is 5.18. The molecule has 1 heterocycles. The van der Waals surface area contributed by atoms with Gasteiger partial charge in [0.15, 0.2) is 5.13 Å². The number of carbonyl (C=O) groups is 1. The first kappa shape index (κ1) is 19.2. The van der Waals surface area contributed by atoms with Crippen LogP contribution in [-0.4, -0.2) is 27.3 Å². The van der Waals surface area contributed by atoms with E-state index in [0.717, 1.165) is 16.8 Å². The number of benzene rings is 2. The topological polar surface area (TPSA) is 138 Å². The summed E-state index contributed by atoms with van der Waals surface area (Å²) in [6, 6.07) is 7.13. The first-order valence-corrected chi connectivity index (χ1v) is 8.90. The van der Waals surface area contributed by atoms with Crippen LogP contribution in [0.4, 0.5) is 16.5 Å². The number of aromatic nitrogens is 1. The van der Waals surface area contributed by atoms with Gasteiger partial charge in [-0.1, -0.05) is 11.3 Å². The van der Waals surface area contributed by atoms with Crippen LogP contribution in [0.2, 0.25) is 0 Å². The van der Waals surface area contributed by atoms with Crippen molar-refractivity contribution < 1.29 is 19.4 Å². The highest BCUT2D eigenvalue weighted by Gasteiger charge is 2.25. The fourth-order valence-corrected chi connectivity index (χ4v) is 3.48. The molecule has 0 spiro atoms. The molecule has 10 nitrogen and oxygen atoms in total. The molecular weight excluding hydrogens is 388 g/mol. The van der Waals surface area contributed by atoms with Crippen LogP contribution in [0.1, 0.15) is 22.8 Å². The molecule has 0 aliphatic heterocycles. The van der Waals surface area contributed by atoms with E-state index in [1.807, 2.05) is 6.92 Å². The maximum Gasteiger partial charge on any atom is 0.279 e. The quantitative estimate of drug-likeness (QED) is 0.484. The zero-order valence-electron chi connectivity index (χ0n) is 14.8. The smallest absolute Gasteiger partial charge is 0.279 e. The number of nitrogens with one attached hydrogen (secondary N) is 1. The van der Waals surface area contributed by atoms with Crippen molar-refractivity contribution >= 4 is 44.0 Å². The number of ether oxygens (including phenoxy) is 1. The van der Waals surface area contributed by atoms with Crippen LogP contribution in [0.5, 0.6) is 5.75 Å². The minimum Gasteiger partial charge on any atom is -0.494 e. The predicted molar refractivity (Wildman–Crippen MR) is 103 cm³/mol. The van der Waals surface area contributed by atoms with Gasteiger partial charge in [-0.25, -0.2) is 4.98 Å². The summed E-state index contributed by atoms with van der Waals surface area (Å²) in [6.07, 6.45) is 0. The van der Waals surface area contributed by atoms with Crippen molar-refractivity contribution in [3.63, 3.8) is 0 Å². The van der Waals surface area contributed by atoms with Gasteiger partial charge in [-0.3, -0.25) is 30.3 Å². The van der Waals surface area contributed by atoms with Crippen molar-refractivity contribution in [3.05, 3.63) is 61.7 Å². The Morgan fingerprint density at radius 2 is 1.96 bits per heavy atom. The Labute approximate surface area is 162 Å². The van der Waals surface area contributed by atoms with E-state index in [4.69, 9.17) is 4.74 Å². The number of amides is 1. The summed E-state index contributed by atoms with van der Waals surface area (Å²) in [5.41, 5.74) is -0.508. The molecule has 0 fully saturated rings. The zero-order valence-corrected chi connectivity index (χ0v) is 15.6. The summed E-state index contributed by atoms with van der Waals surface area (Å²) in [5.74, 6) is -0.0462. The zero-order chi connectivity index (χ0) is 20.4. The van der Waals surface area contributed by atoms with Crippen LogP contribution in [-0.2, 0) is 0 Å². The van der Waals surface area contributed by atoms with E-state index in [1.165, 1.54) is 18.3 Å². The van der Waals surface area contributed by atoms with E-state index in [2.05, 4.69) is 10.3 Å². The van der Waals surface area contributed by atoms with E-state index in [0.29, 0.717) is 17.9 Å². The second-order valence-electron chi connectivity index (χ2n) is 5.69. The maximum atomic E-state index is 12.6. The number of nitrogens with zero attached hydrogens (tertiary/aromatic N) is 3. The molecule has 144 valence electrons. The standard InChI is InChI=1S/C17H14N4O6S/c1-3-27-11-4-5-13-15(8-11)28-17(18-13)19-16(22)12-6-10(20(23)24)7-14(9(12)2)21(25)26/h4-8H,3H2,1-2H3,(H,18,19,22). The van der Waals surface area contributed by atoms with Gasteiger partial charge in [-0.2, -0.15) is 0 Å². The fourth-order valence-electron chi connectivity index (χ4n) is 2.59. The highest BCUT2D eigenvalue weighted by Crippen LogP contribution is 2.31. The van der Waals surface area contributed by atoms with Gasteiger partial charge in [0.25, 0.3) is 17.3 Å². The van der Waals surface area contributed by atoms with Gasteiger partial charge in [0, 0.05) is 11.6 Å². The second kappa shape index (κ2) is 7.56. The summed E-state index contributed by atoms with van der Waals surface area (Å²) >= 11 is 1.20. The monoisotopic (exact) mass is 402 g/mol. The van der Waals surface area contributed by atoms with Crippen molar-refractivity contribution in [1.82, 2.24) is 4.98 Å². The summed E-state index contributed by atoms with van der Waals surface area (Å²) in [5, 5.41) is 25.0. The molecule has 0 aliphatic carbocycles. The molecule has 11 heteroatoms. The summed E-state index contributed by atoms with van der Waals surface area (Å²) in [7, 11) is 0. The molecule has 0 saturated carbocycles. The molecule has 1 N–H and O–H groups in total. The molecule has 0 bridgehead atoms. The summed E-state index contributed by atoms with van der Waals surface area (Å²) in [6.45, 7) is 3.74. The number of thiazole rings is 1. The summed E-state index contributed by atoms with van der Waals surface area (Å²) in [4.78, 5) is 37.6. The van der Waals surface area contributed by atoms with Crippen molar-refractivity contribution in [1.29, 1.82) is 0 Å². The second-order valence-corrected chi connectivity index (χ2v) is 6.72. The average Bonchev–Trinajstić information content (AvgIpc) is 3.03. The molecule has 0 radical (unpaired) electrons. The average molecular weight is 402 g/mol. The normalized spacial score (nSPS) is 10.6. The lowest BCUT2D eigenvalue weighted by molar-refractivity contribution is -0.394. The molecule has 3 rings (SSSR count). The van der Waals surface area contributed by atoms with E-state index >= 15 is 0 Å². The SMILES string of the molecule is CCOc1ccc2nc(NC(=O)c3cc([N+](=O)[O-])cc([N+](=O)[O-])c3C)sc2c1. The van der Waals surface area contributed by atoms with Gasteiger partial charge in [0.05, 0.1) is 38.3 Å². The van der Waals surface area contributed by atoms with Gasteiger partial charge in [-0.05, 0) is 32.0 Å². The van der Waals surface area contributed by atoms with Crippen LogP contribution in [0.3, 0.4) is 0 Å². The van der Waals surface area contributed by atoms with Crippen LogP contribution in [0.15, 0.2) is 30.3 Å². The van der Waals surface area contributed by atoms with Gasteiger partial charge in [-0.15, -0.1) is 0 Å². The molecule has 3 aromatic rings. The number of hydrogen-bond donors (Lipinski definition) is 1. The minimum absolute atomic E-state index is 0.0350. The van der Waals surface area contributed by atoms with E-state index in [-0.39, 0.29) is 16.3 Å². The molecule has 0 saturated heterocycles. The van der Waals surface area contributed by atoms with Gasteiger partial charge >= 0.3 is 0 Å². The van der Waals surface area contributed by atoms with Crippen molar-refractivity contribution in [2.75, 3.05) is 11.9 Å². The molecule has 0 unspecified atom stereocenters. The third kappa shape index (κ3) is 3.74. The molecule has 1 aromatic heterocycles. The van der Waals surface area contributed by atoms with Crippen molar-refractivity contribution in [2.45, 2.75) is 13.8 Å². The minimum atomic E-state index is -0.782. The first-order valence-electron chi connectivity index (χ1n) is 8.08. The Morgan fingerprint density at radius 3 is 2.61 bits per heavy atom. The highest BCUT2D eigenvalue weighted by molar-refractivity contribution is 7.22. The first-order chi connectivity index (χ1) is 13.3. The van der Waals surface area contributed by atoms with Crippen molar-refractivity contribution in [3.8, 4) is 5.75 Å². The Hall–Kier alpha value is -3.60. The molecule has 28 heavy (non-hydrogen) atoms. The Balaban J connectivity index is 1.95. The van der Waals surface area contributed by atoms with Gasteiger partial charge in [0.1, 0.15) is 5.75 Å². The Morgan fingerprint density at radius 1 is 1.21 bits per heavy atom. The van der Waals surface area contributed by atoms with E-state index < -0.39 is 27.1 Å². The lowest BCUT2D eigenvalue weighted by Crippen LogP contribution is -2.14. The number of carbonyl (C=O) groups excluding carboxylic acids is 1. The number of fused-ring (bicyclic) bond motifs is 1. The van der Waals surface area contributed by atoms with Crippen LogP contribution in [0.25, 0.3) is 10.2 Å². The van der Waals surface area contributed by atoms with Crippen LogP contribution >= 0.6 is 11.3 Å².